The van der Waals surface area contributed by atoms with E-state index in [1.54, 1.807) is 0 Å². The monoisotopic (exact) mass is 353 g/mol. The highest BCUT2D eigenvalue weighted by Gasteiger charge is 2.11. The van der Waals surface area contributed by atoms with Crippen LogP contribution in [0.4, 0.5) is 0 Å². The Balaban J connectivity index is 2.02. The highest BCUT2D eigenvalue weighted by atomic mass is 35.5. The third-order valence-electron chi connectivity index (χ3n) is 3.59. The normalized spacial score (nSPS) is 12.2. The Kier molecular flexibility index (Phi) is 7.18. The summed E-state index contributed by atoms with van der Waals surface area (Å²) in [5.74, 6) is 0.495. The summed E-state index contributed by atoms with van der Waals surface area (Å²) in [6.07, 6.45) is 0.857. The van der Waals surface area contributed by atoms with Gasteiger partial charge in [0.25, 0.3) is 0 Å². The van der Waals surface area contributed by atoms with Crippen LogP contribution in [0, 0.1) is 0 Å². The van der Waals surface area contributed by atoms with E-state index in [1.807, 2.05) is 49.4 Å². The van der Waals surface area contributed by atoms with Gasteiger partial charge in [0.15, 0.2) is 5.75 Å². The first kappa shape index (κ1) is 18.1. The summed E-state index contributed by atoms with van der Waals surface area (Å²) in [6, 6.07) is 13.6. The minimum Gasteiger partial charge on any atom is -0.486 e. The van der Waals surface area contributed by atoms with Gasteiger partial charge in [-0.15, -0.1) is 0 Å². The van der Waals surface area contributed by atoms with Crippen LogP contribution in [0.1, 0.15) is 24.5 Å². The van der Waals surface area contributed by atoms with Crippen molar-refractivity contribution in [1.29, 1.82) is 0 Å². The summed E-state index contributed by atoms with van der Waals surface area (Å²) in [7, 11) is 0. The van der Waals surface area contributed by atoms with Crippen LogP contribution in [0.2, 0.25) is 10.0 Å². The topological polar surface area (TPSA) is 41.5 Å². The minimum absolute atomic E-state index is 0.0709. The van der Waals surface area contributed by atoms with Crippen LogP contribution < -0.4 is 10.1 Å². The van der Waals surface area contributed by atoms with Crippen molar-refractivity contribution < 1.29 is 9.84 Å². The van der Waals surface area contributed by atoms with E-state index >= 15 is 0 Å². The average Bonchev–Trinajstić information content (AvgIpc) is 2.56. The number of halogens is 2. The predicted molar refractivity (Wildman–Crippen MR) is 95.2 cm³/mol. The summed E-state index contributed by atoms with van der Waals surface area (Å²) < 4.78 is 5.75. The number of nitrogens with one attached hydrogen (secondary N) is 1. The van der Waals surface area contributed by atoms with Crippen molar-refractivity contribution in [3.05, 3.63) is 63.6 Å². The van der Waals surface area contributed by atoms with Crippen molar-refractivity contribution >= 4 is 23.2 Å². The minimum atomic E-state index is 0.0709. The molecule has 0 saturated carbocycles. The summed E-state index contributed by atoms with van der Waals surface area (Å²) in [4.78, 5) is 0. The summed E-state index contributed by atoms with van der Waals surface area (Å²) in [6.45, 7) is 3.14. The maximum Gasteiger partial charge on any atom is 0.156 e. The lowest BCUT2D eigenvalue weighted by Gasteiger charge is -2.16. The molecule has 23 heavy (non-hydrogen) atoms. The standard InChI is InChI=1S/C18H21Cl2NO2/c1-2-15(11-22)21-10-14-8-16(19)18(17(20)9-14)23-12-13-6-4-3-5-7-13/h3-9,15,21-22H,2,10-12H2,1H3/t15-/m0/s1. The maximum absolute atomic E-state index is 9.20. The number of rotatable bonds is 8. The van der Waals surface area contributed by atoms with E-state index in [1.165, 1.54) is 0 Å². The summed E-state index contributed by atoms with van der Waals surface area (Å²) >= 11 is 12.6. The Morgan fingerprint density at radius 3 is 2.30 bits per heavy atom. The molecule has 0 bridgehead atoms. The summed E-state index contributed by atoms with van der Waals surface area (Å²) in [5, 5.41) is 13.4. The molecule has 0 radical (unpaired) electrons. The van der Waals surface area contributed by atoms with Gasteiger partial charge in [-0.05, 0) is 29.7 Å². The Bertz CT molecular complexity index is 593. The van der Waals surface area contributed by atoms with Gasteiger partial charge >= 0.3 is 0 Å². The van der Waals surface area contributed by atoms with Gasteiger partial charge in [-0.25, -0.2) is 0 Å². The molecule has 2 rings (SSSR count). The number of ether oxygens (including phenoxy) is 1. The van der Waals surface area contributed by atoms with Gasteiger partial charge in [0.05, 0.1) is 16.7 Å². The van der Waals surface area contributed by atoms with Crippen LogP contribution in [0.25, 0.3) is 0 Å². The van der Waals surface area contributed by atoms with Crippen molar-refractivity contribution in [2.45, 2.75) is 32.5 Å². The molecule has 0 amide bonds. The molecule has 0 fully saturated rings. The van der Waals surface area contributed by atoms with Crippen LogP contribution in [0.15, 0.2) is 42.5 Å². The van der Waals surface area contributed by atoms with Crippen LogP contribution >= 0.6 is 23.2 Å². The molecule has 0 aliphatic rings. The lowest BCUT2D eigenvalue weighted by molar-refractivity contribution is 0.238. The molecule has 0 unspecified atom stereocenters. The van der Waals surface area contributed by atoms with Gasteiger partial charge in [0.1, 0.15) is 6.61 Å². The number of benzene rings is 2. The molecular weight excluding hydrogens is 333 g/mol. The fourth-order valence-electron chi connectivity index (χ4n) is 2.18. The van der Waals surface area contributed by atoms with Gasteiger partial charge in [-0.2, -0.15) is 0 Å². The van der Waals surface area contributed by atoms with Crippen molar-refractivity contribution in [1.82, 2.24) is 5.32 Å². The molecule has 0 aliphatic heterocycles. The summed E-state index contributed by atoms with van der Waals surface area (Å²) in [5.41, 5.74) is 2.01. The van der Waals surface area contributed by atoms with Crippen LogP contribution in [-0.2, 0) is 13.2 Å². The van der Waals surface area contributed by atoms with Crippen LogP contribution in [-0.4, -0.2) is 17.8 Å². The second-order valence-corrected chi connectivity index (χ2v) is 6.15. The average molecular weight is 354 g/mol. The second kappa shape index (κ2) is 9.14. The Morgan fingerprint density at radius 1 is 1.09 bits per heavy atom. The molecule has 0 saturated heterocycles. The van der Waals surface area contributed by atoms with Crippen molar-refractivity contribution in [2.75, 3.05) is 6.61 Å². The molecule has 3 nitrogen and oxygen atoms in total. The highest BCUT2D eigenvalue weighted by molar-refractivity contribution is 6.37. The van der Waals surface area contributed by atoms with Gasteiger partial charge in [0.2, 0.25) is 0 Å². The zero-order chi connectivity index (χ0) is 16.7. The molecule has 1 atom stereocenters. The molecular formula is C18H21Cl2NO2. The molecule has 0 aromatic heterocycles. The smallest absolute Gasteiger partial charge is 0.156 e. The van der Waals surface area contributed by atoms with E-state index < -0.39 is 0 Å². The molecule has 124 valence electrons. The van der Waals surface area contributed by atoms with Crippen LogP contribution in [0.5, 0.6) is 5.75 Å². The SMILES string of the molecule is CC[C@@H](CO)NCc1cc(Cl)c(OCc2ccccc2)c(Cl)c1. The van der Waals surface area contributed by atoms with Gasteiger partial charge < -0.3 is 15.2 Å². The molecule has 5 heteroatoms. The quantitative estimate of drug-likeness (QED) is 0.737. The zero-order valence-corrected chi connectivity index (χ0v) is 14.6. The van der Waals surface area contributed by atoms with Crippen molar-refractivity contribution in [2.24, 2.45) is 0 Å². The second-order valence-electron chi connectivity index (χ2n) is 5.33. The third-order valence-corrected chi connectivity index (χ3v) is 4.15. The van der Waals surface area contributed by atoms with Crippen LogP contribution in [0.3, 0.4) is 0 Å². The lowest BCUT2D eigenvalue weighted by Crippen LogP contribution is -2.31. The number of hydrogen-bond donors (Lipinski definition) is 2. The molecule has 2 N–H and O–H groups in total. The third kappa shape index (κ3) is 5.40. The number of aliphatic hydroxyl groups excluding tert-OH is 1. The van der Waals surface area contributed by atoms with E-state index in [9.17, 15) is 5.11 Å². The van der Waals surface area contributed by atoms with Gasteiger partial charge in [-0.1, -0.05) is 60.5 Å². The molecule has 2 aromatic carbocycles. The van der Waals surface area contributed by atoms with E-state index in [2.05, 4.69) is 5.32 Å². The van der Waals surface area contributed by atoms with E-state index in [0.717, 1.165) is 17.5 Å². The first-order valence-corrected chi connectivity index (χ1v) is 8.38. The van der Waals surface area contributed by atoms with Crippen molar-refractivity contribution in [3.8, 4) is 5.75 Å². The number of hydrogen-bond acceptors (Lipinski definition) is 3. The number of aliphatic hydroxyl groups is 1. The molecule has 2 aromatic rings. The molecule has 0 aliphatic carbocycles. The Labute approximate surface area is 147 Å². The predicted octanol–water partition coefficient (Wildman–Crippen LogP) is 4.43. The first-order valence-electron chi connectivity index (χ1n) is 7.63. The lowest BCUT2D eigenvalue weighted by atomic mass is 10.2. The van der Waals surface area contributed by atoms with Gasteiger partial charge in [0, 0.05) is 12.6 Å². The first-order chi connectivity index (χ1) is 11.1. The zero-order valence-electron chi connectivity index (χ0n) is 13.1. The molecule has 0 heterocycles. The highest BCUT2D eigenvalue weighted by Crippen LogP contribution is 2.34. The van der Waals surface area contributed by atoms with E-state index in [0.29, 0.717) is 28.9 Å². The molecule has 0 spiro atoms. The van der Waals surface area contributed by atoms with Crippen molar-refractivity contribution in [3.63, 3.8) is 0 Å². The van der Waals surface area contributed by atoms with Gasteiger partial charge in [-0.3, -0.25) is 0 Å². The van der Waals surface area contributed by atoms with E-state index in [-0.39, 0.29) is 12.6 Å². The maximum atomic E-state index is 9.20. The Morgan fingerprint density at radius 2 is 1.74 bits per heavy atom. The fourth-order valence-corrected chi connectivity index (χ4v) is 2.82. The largest absolute Gasteiger partial charge is 0.486 e. The Hall–Kier alpha value is -1.26. The fraction of sp³-hybridized carbons (Fsp3) is 0.333. The van der Waals surface area contributed by atoms with E-state index in [4.69, 9.17) is 27.9 Å².